The summed E-state index contributed by atoms with van der Waals surface area (Å²) >= 11 is 5.97. The maximum Gasteiger partial charge on any atom is 0.329 e. The fourth-order valence-corrected chi connectivity index (χ4v) is 3.64. The summed E-state index contributed by atoms with van der Waals surface area (Å²) in [7, 11) is 0. The van der Waals surface area contributed by atoms with Crippen molar-refractivity contribution in [3.63, 3.8) is 0 Å². The summed E-state index contributed by atoms with van der Waals surface area (Å²) < 4.78 is 1.27. The van der Waals surface area contributed by atoms with E-state index in [1.54, 1.807) is 30.3 Å². The summed E-state index contributed by atoms with van der Waals surface area (Å²) in [6.07, 6.45) is 0. The highest BCUT2D eigenvalue weighted by Crippen LogP contribution is 2.20. The van der Waals surface area contributed by atoms with Gasteiger partial charge in [-0.2, -0.15) is 0 Å². The van der Waals surface area contributed by atoms with Gasteiger partial charge in [-0.1, -0.05) is 48.7 Å². The highest BCUT2D eigenvalue weighted by Gasteiger charge is 2.25. The molecule has 3 aromatic rings. The second-order valence-electron chi connectivity index (χ2n) is 7.42. The summed E-state index contributed by atoms with van der Waals surface area (Å²) in [6.45, 7) is 7.44. The van der Waals surface area contributed by atoms with Crippen molar-refractivity contribution in [1.29, 1.82) is 0 Å². The van der Waals surface area contributed by atoms with E-state index < -0.39 is 11.2 Å². The molecule has 7 heteroatoms. The number of carbonyl (C=O) groups is 1. The SMILES string of the molecule is Cc1cc(C)cc(C(=O)c2c(C(C)C)c(=O)[nH]c(=O)n2Cc2cccc(Cl)n2)c1. The lowest BCUT2D eigenvalue weighted by atomic mass is 9.95. The van der Waals surface area contributed by atoms with Gasteiger partial charge in [0.2, 0.25) is 5.78 Å². The van der Waals surface area contributed by atoms with E-state index in [0.29, 0.717) is 11.3 Å². The van der Waals surface area contributed by atoms with E-state index in [2.05, 4.69) is 9.97 Å². The van der Waals surface area contributed by atoms with Crippen LogP contribution in [-0.2, 0) is 6.54 Å². The first-order valence-corrected chi connectivity index (χ1v) is 9.66. The Hall–Kier alpha value is -2.99. The molecule has 29 heavy (non-hydrogen) atoms. The molecule has 2 aromatic heterocycles. The van der Waals surface area contributed by atoms with Crippen molar-refractivity contribution in [1.82, 2.24) is 14.5 Å². The normalized spacial score (nSPS) is 11.1. The molecule has 3 rings (SSSR count). The zero-order valence-electron chi connectivity index (χ0n) is 16.7. The van der Waals surface area contributed by atoms with Crippen LogP contribution in [0.15, 0.2) is 46.0 Å². The fraction of sp³-hybridized carbons (Fsp3) is 0.273. The summed E-state index contributed by atoms with van der Waals surface area (Å²) in [5.41, 5.74) is 1.95. The Balaban J connectivity index is 2.28. The zero-order valence-corrected chi connectivity index (χ0v) is 17.5. The number of nitrogens with one attached hydrogen (secondary N) is 1. The molecule has 0 spiro atoms. The Morgan fingerprint density at radius 2 is 1.79 bits per heavy atom. The molecular formula is C22H22ClN3O3. The first-order valence-electron chi connectivity index (χ1n) is 9.29. The molecule has 6 nitrogen and oxygen atoms in total. The predicted molar refractivity (Wildman–Crippen MR) is 113 cm³/mol. The number of ketones is 1. The average Bonchev–Trinajstić information content (AvgIpc) is 2.62. The number of halogens is 1. The van der Waals surface area contributed by atoms with Gasteiger partial charge in [0.05, 0.1) is 12.2 Å². The Morgan fingerprint density at radius 3 is 2.38 bits per heavy atom. The van der Waals surface area contributed by atoms with E-state index in [4.69, 9.17) is 11.6 Å². The average molecular weight is 412 g/mol. The minimum absolute atomic E-state index is 0.0156. The van der Waals surface area contributed by atoms with Crippen molar-refractivity contribution in [2.75, 3.05) is 0 Å². The van der Waals surface area contributed by atoms with Gasteiger partial charge in [-0.25, -0.2) is 9.78 Å². The third-order valence-electron chi connectivity index (χ3n) is 4.60. The van der Waals surface area contributed by atoms with Gasteiger partial charge in [-0.05, 0) is 44.0 Å². The lowest BCUT2D eigenvalue weighted by Gasteiger charge is -2.17. The lowest BCUT2D eigenvalue weighted by molar-refractivity contribution is 0.102. The third kappa shape index (κ3) is 4.38. The molecule has 150 valence electrons. The molecule has 0 aliphatic rings. The van der Waals surface area contributed by atoms with Gasteiger partial charge in [0.15, 0.2) is 0 Å². The number of hydrogen-bond donors (Lipinski definition) is 1. The summed E-state index contributed by atoms with van der Waals surface area (Å²) in [5, 5.41) is 0.284. The van der Waals surface area contributed by atoms with Gasteiger partial charge in [0.1, 0.15) is 10.8 Å². The highest BCUT2D eigenvalue weighted by molar-refractivity contribution is 6.29. The Morgan fingerprint density at radius 1 is 1.14 bits per heavy atom. The van der Waals surface area contributed by atoms with E-state index in [9.17, 15) is 14.4 Å². The molecule has 0 amide bonds. The van der Waals surface area contributed by atoms with E-state index in [0.717, 1.165) is 11.1 Å². The fourth-order valence-electron chi connectivity index (χ4n) is 3.46. The first-order chi connectivity index (χ1) is 13.7. The highest BCUT2D eigenvalue weighted by atomic mass is 35.5. The molecule has 0 saturated carbocycles. The number of hydrogen-bond acceptors (Lipinski definition) is 4. The van der Waals surface area contributed by atoms with Gasteiger partial charge in [0.25, 0.3) is 5.56 Å². The van der Waals surface area contributed by atoms with Crippen molar-refractivity contribution in [3.8, 4) is 0 Å². The molecular weight excluding hydrogens is 390 g/mol. The van der Waals surface area contributed by atoms with Crippen LogP contribution < -0.4 is 11.2 Å². The van der Waals surface area contributed by atoms with Crippen LogP contribution in [0.2, 0.25) is 5.15 Å². The molecule has 0 aliphatic carbocycles. The number of aryl methyl sites for hydroxylation is 2. The Kier molecular flexibility index (Phi) is 5.84. The molecule has 1 N–H and O–H groups in total. The number of nitrogens with zero attached hydrogens (tertiary/aromatic N) is 2. The van der Waals surface area contributed by atoms with Crippen LogP contribution in [0.5, 0.6) is 0 Å². The second-order valence-corrected chi connectivity index (χ2v) is 7.81. The van der Waals surface area contributed by atoms with Crippen molar-refractivity contribution in [2.45, 2.75) is 40.2 Å². The van der Waals surface area contributed by atoms with Crippen LogP contribution in [0, 0.1) is 13.8 Å². The number of aromatic nitrogens is 3. The van der Waals surface area contributed by atoms with E-state index in [1.165, 1.54) is 4.57 Å². The van der Waals surface area contributed by atoms with Crippen LogP contribution >= 0.6 is 11.6 Å². The monoisotopic (exact) mass is 411 g/mol. The smallest absolute Gasteiger partial charge is 0.287 e. The van der Waals surface area contributed by atoms with Crippen LogP contribution in [-0.4, -0.2) is 20.3 Å². The standard InChI is InChI=1S/C22H22ClN3O3/c1-12(2)18-19(20(27)15-9-13(3)8-14(4)10-15)26(22(29)25-21(18)28)11-16-6-5-7-17(23)24-16/h5-10,12H,11H2,1-4H3,(H,25,28,29). The van der Waals surface area contributed by atoms with Crippen LogP contribution in [0.3, 0.4) is 0 Å². The lowest BCUT2D eigenvalue weighted by Crippen LogP contribution is -2.38. The van der Waals surface area contributed by atoms with Gasteiger partial charge in [-0.3, -0.25) is 19.1 Å². The van der Waals surface area contributed by atoms with Gasteiger partial charge >= 0.3 is 5.69 Å². The molecule has 0 aliphatic heterocycles. The van der Waals surface area contributed by atoms with Crippen molar-refractivity contribution in [3.05, 3.63) is 96.0 Å². The second kappa shape index (κ2) is 8.17. The van der Waals surface area contributed by atoms with Gasteiger partial charge in [0, 0.05) is 11.1 Å². The molecule has 0 bridgehead atoms. The topological polar surface area (TPSA) is 84.8 Å². The molecule has 0 radical (unpaired) electrons. The predicted octanol–water partition coefficient (Wildman–Crippen LogP) is 3.60. The molecule has 0 fully saturated rings. The molecule has 0 unspecified atom stereocenters. The van der Waals surface area contributed by atoms with Gasteiger partial charge in [-0.15, -0.1) is 0 Å². The number of H-pyrrole nitrogens is 1. The summed E-state index contributed by atoms with van der Waals surface area (Å²) in [4.78, 5) is 45.3. The molecule has 1 aromatic carbocycles. The molecule has 0 atom stereocenters. The quantitative estimate of drug-likeness (QED) is 0.513. The maximum absolute atomic E-state index is 13.5. The van der Waals surface area contributed by atoms with E-state index >= 15 is 0 Å². The Labute approximate surface area is 173 Å². The van der Waals surface area contributed by atoms with Crippen LogP contribution in [0.25, 0.3) is 0 Å². The number of carbonyl (C=O) groups excluding carboxylic acids is 1. The van der Waals surface area contributed by atoms with Crippen molar-refractivity contribution in [2.24, 2.45) is 0 Å². The molecule has 0 saturated heterocycles. The van der Waals surface area contributed by atoms with Crippen molar-refractivity contribution < 1.29 is 4.79 Å². The largest absolute Gasteiger partial charge is 0.329 e. The summed E-state index contributed by atoms with van der Waals surface area (Å²) in [5.74, 6) is -0.631. The van der Waals surface area contributed by atoms with Crippen LogP contribution in [0.1, 0.15) is 58.2 Å². The maximum atomic E-state index is 13.5. The van der Waals surface area contributed by atoms with Gasteiger partial charge < -0.3 is 0 Å². The minimum atomic E-state index is -0.658. The number of rotatable bonds is 5. The van der Waals surface area contributed by atoms with E-state index in [-0.39, 0.29) is 34.7 Å². The molecule has 2 heterocycles. The number of benzene rings is 1. The van der Waals surface area contributed by atoms with Crippen molar-refractivity contribution >= 4 is 17.4 Å². The van der Waals surface area contributed by atoms with E-state index in [1.807, 2.05) is 33.8 Å². The summed E-state index contributed by atoms with van der Waals surface area (Å²) in [6, 6.07) is 10.5. The first kappa shape index (κ1) is 20.7. The zero-order chi connectivity index (χ0) is 21.3. The van der Waals surface area contributed by atoms with Crippen LogP contribution in [0.4, 0.5) is 0 Å². The number of pyridine rings is 1. The minimum Gasteiger partial charge on any atom is -0.287 e. The third-order valence-corrected chi connectivity index (χ3v) is 4.81. The number of aromatic amines is 1. The Bertz CT molecular complexity index is 1190.